The highest BCUT2D eigenvalue weighted by atomic mass is 32.1. The van der Waals surface area contributed by atoms with Crippen LogP contribution in [-0.4, -0.2) is 43.0 Å². The van der Waals surface area contributed by atoms with E-state index in [0.29, 0.717) is 34.3 Å². The van der Waals surface area contributed by atoms with Crippen LogP contribution in [0.4, 0.5) is 5.00 Å². The second kappa shape index (κ2) is 7.70. The number of anilines is 1. The van der Waals surface area contributed by atoms with Crippen molar-refractivity contribution in [2.45, 2.75) is 26.3 Å². The summed E-state index contributed by atoms with van der Waals surface area (Å²) in [5.74, 6) is 0.466. The summed E-state index contributed by atoms with van der Waals surface area (Å²) in [4.78, 5) is 27.6. The summed E-state index contributed by atoms with van der Waals surface area (Å²) >= 11 is 1.29. The lowest BCUT2D eigenvalue weighted by Crippen LogP contribution is -2.53. The van der Waals surface area contributed by atoms with Crippen LogP contribution in [-0.2, 0) is 0 Å². The Hall–Kier alpha value is -2.38. The van der Waals surface area contributed by atoms with Gasteiger partial charge in [0.15, 0.2) is 0 Å². The lowest BCUT2D eigenvalue weighted by molar-refractivity contribution is 0.0537. The van der Waals surface area contributed by atoms with E-state index in [0.717, 1.165) is 6.42 Å². The maximum Gasteiger partial charge on any atom is 0.264 e. The SMILES string of the molecule is COc1ccc(C(=O)Nc2ccc(C(=O)N3CCC(N)C(C)(C)C3)s2)cc1. The van der Waals surface area contributed by atoms with Gasteiger partial charge in [-0.1, -0.05) is 13.8 Å². The third kappa shape index (κ3) is 4.31. The van der Waals surface area contributed by atoms with Gasteiger partial charge in [0.1, 0.15) is 5.75 Å². The van der Waals surface area contributed by atoms with E-state index in [1.165, 1.54) is 11.3 Å². The number of piperidine rings is 1. The van der Waals surface area contributed by atoms with Crippen LogP contribution in [0.3, 0.4) is 0 Å². The molecule has 0 spiro atoms. The molecule has 144 valence electrons. The molecule has 2 aromatic rings. The number of carbonyl (C=O) groups is 2. The minimum atomic E-state index is -0.219. The lowest BCUT2D eigenvalue weighted by Gasteiger charge is -2.42. The van der Waals surface area contributed by atoms with Crippen molar-refractivity contribution in [3.63, 3.8) is 0 Å². The Labute approximate surface area is 163 Å². The molecule has 3 rings (SSSR count). The molecule has 2 heterocycles. The fourth-order valence-electron chi connectivity index (χ4n) is 3.15. The molecule has 1 aromatic heterocycles. The summed E-state index contributed by atoms with van der Waals surface area (Å²) in [5.41, 5.74) is 6.59. The molecule has 1 unspecified atom stereocenters. The molecule has 0 saturated carbocycles. The maximum absolute atomic E-state index is 12.8. The molecule has 3 N–H and O–H groups in total. The van der Waals surface area contributed by atoms with E-state index in [1.807, 2.05) is 4.90 Å². The minimum absolute atomic E-state index is 0.00933. The Morgan fingerprint density at radius 1 is 1.22 bits per heavy atom. The van der Waals surface area contributed by atoms with Crippen molar-refractivity contribution >= 4 is 28.2 Å². The van der Waals surface area contributed by atoms with E-state index in [1.54, 1.807) is 43.5 Å². The average Bonchev–Trinajstić information content (AvgIpc) is 3.11. The van der Waals surface area contributed by atoms with Gasteiger partial charge in [0.05, 0.1) is 17.0 Å². The Morgan fingerprint density at radius 2 is 1.93 bits per heavy atom. The van der Waals surface area contributed by atoms with Crippen molar-refractivity contribution in [1.82, 2.24) is 4.90 Å². The second-order valence-electron chi connectivity index (χ2n) is 7.46. The first kappa shape index (κ1) is 19.4. The molecule has 0 radical (unpaired) electrons. The molecular weight excluding hydrogens is 362 g/mol. The van der Waals surface area contributed by atoms with Crippen LogP contribution in [0.5, 0.6) is 5.75 Å². The van der Waals surface area contributed by atoms with Gasteiger partial charge in [-0.25, -0.2) is 0 Å². The van der Waals surface area contributed by atoms with Crippen LogP contribution in [0.1, 0.15) is 40.3 Å². The van der Waals surface area contributed by atoms with Gasteiger partial charge in [-0.2, -0.15) is 0 Å². The van der Waals surface area contributed by atoms with E-state index < -0.39 is 0 Å². The predicted molar refractivity (Wildman–Crippen MR) is 108 cm³/mol. The molecule has 1 atom stereocenters. The quantitative estimate of drug-likeness (QED) is 0.844. The first-order valence-electron chi connectivity index (χ1n) is 8.90. The normalized spacial score (nSPS) is 18.8. The Balaban J connectivity index is 1.65. The fraction of sp³-hybridized carbons (Fsp3) is 0.400. The van der Waals surface area contributed by atoms with Gasteiger partial charge in [0, 0.05) is 24.7 Å². The smallest absolute Gasteiger partial charge is 0.264 e. The van der Waals surface area contributed by atoms with Crippen LogP contribution < -0.4 is 15.8 Å². The summed E-state index contributed by atoms with van der Waals surface area (Å²) in [7, 11) is 1.58. The number of nitrogens with one attached hydrogen (secondary N) is 1. The molecule has 1 aliphatic heterocycles. The molecule has 1 aliphatic rings. The van der Waals surface area contributed by atoms with E-state index in [2.05, 4.69) is 19.2 Å². The number of benzene rings is 1. The zero-order chi connectivity index (χ0) is 19.6. The number of rotatable bonds is 4. The van der Waals surface area contributed by atoms with Crippen molar-refractivity contribution < 1.29 is 14.3 Å². The van der Waals surface area contributed by atoms with E-state index in [9.17, 15) is 9.59 Å². The highest BCUT2D eigenvalue weighted by molar-refractivity contribution is 7.18. The summed E-state index contributed by atoms with van der Waals surface area (Å²) in [5, 5.41) is 3.49. The van der Waals surface area contributed by atoms with E-state index in [4.69, 9.17) is 10.5 Å². The third-order valence-corrected chi connectivity index (χ3v) is 5.99. The molecule has 0 bridgehead atoms. The molecule has 1 aromatic carbocycles. The van der Waals surface area contributed by atoms with Crippen LogP contribution in [0.25, 0.3) is 0 Å². The van der Waals surface area contributed by atoms with Crippen LogP contribution in [0, 0.1) is 5.41 Å². The Morgan fingerprint density at radius 3 is 2.56 bits per heavy atom. The highest BCUT2D eigenvalue weighted by Gasteiger charge is 2.35. The van der Waals surface area contributed by atoms with E-state index in [-0.39, 0.29) is 23.3 Å². The monoisotopic (exact) mass is 387 g/mol. The topological polar surface area (TPSA) is 84.7 Å². The van der Waals surface area contributed by atoms with Crippen LogP contribution in [0.15, 0.2) is 36.4 Å². The average molecular weight is 388 g/mol. The second-order valence-corrected chi connectivity index (χ2v) is 8.54. The fourth-order valence-corrected chi connectivity index (χ4v) is 4.02. The minimum Gasteiger partial charge on any atom is -0.497 e. The van der Waals surface area contributed by atoms with Gasteiger partial charge in [-0.05, 0) is 48.2 Å². The first-order chi connectivity index (χ1) is 12.8. The van der Waals surface area contributed by atoms with Gasteiger partial charge in [-0.3, -0.25) is 9.59 Å². The Kier molecular flexibility index (Phi) is 5.53. The number of thiophene rings is 1. The van der Waals surface area contributed by atoms with Gasteiger partial charge < -0.3 is 20.7 Å². The molecule has 1 saturated heterocycles. The molecule has 27 heavy (non-hydrogen) atoms. The number of likely N-dealkylation sites (tertiary alicyclic amines) is 1. The standard InChI is InChI=1S/C20H25N3O3S/c1-20(2)12-23(11-10-16(20)21)19(25)15-8-9-17(27-15)22-18(24)13-4-6-14(26-3)7-5-13/h4-9,16H,10-12,21H2,1-3H3,(H,22,24). The van der Waals surface area contributed by atoms with Gasteiger partial charge in [0.25, 0.3) is 11.8 Å². The third-order valence-electron chi connectivity index (χ3n) is 5.01. The van der Waals surface area contributed by atoms with E-state index >= 15 is 0 Å². The summed E-state index contributed by atoms with van der Waals surface area (Å²) in [6.45, 7) is 5.48. The van der Waals surface area contributed by atoms with Gasteiger partial charge in [0.2, 0.25) is 0 Å². The highest BCUT2D eigenvalue weighted by Crippen LogP contribution is 2.30. The number of hydrogen-bond donors (Lipinski definition) is 2. The molecule has 0 aliphatic carbocycles. The summed E-state index contributed by atoms with van der Waals surface area (Å²) in [6, 6.07) is 10.5. The van der Waals surface area contributed by atoms with Crippen LogP contribution in [0.2, 0.25) is 0 Å². The first-order valence-corrected chi connectivity index (χ1v) is 9.72. The summed E-state index contributed by atoms with van der Waals surface area (Å²) in [6.07, 6.45) is 0.797. The summed E-state index contributed by atoms with van der Waals surface area (Å²) < 4.78 is 5.10. The molecule has 1 fully saturated rings. The zero-order valence-corrected chi connectivity index (χ0v) is 16.6. The Bertz CT molecular complexity index is 829. The lowest BCUT2D eigenvalue weighted by atomic mass is 9.79. The number of methoxy groups -OCH3 is 1. The number of nitrogens with zero attached hydrogens (tertiary/aromatic N) is 1. The number of ether oxygens (including phenoxy) is 1. The van der Waals surface area contributed by atoms with Crippen molar-refractivity contribution in [2.24, 2.45) is 11.1 Å². The van der Waals surface area contributed by atoms with Crippen molar-refractivity contribution in [3.05, 3.63) is 46.8 Å². The number of hydrogen-bond acceptors (Lipinski definition) is 5. The van der Waals surface area contributed by atoms with Crippen molar-refractivity contribution in [2.75, 3.05) is 25.5 Å². The number of carbonyl (C=O) groups excluding carboxylic acids is 2. The molecular formula is C20H25N3O3S. The van der Waals surface area contributed by atoms with Crippen molar-refractivity contribution in [1.29, 1.82) is 0 Å². The molecule has 2 amide bonds. The van der Waals surface area contributed by atoms with Crippen LogP contribution >= 0.6 is 11.3 Å². The molecule has 6 nitrogen and oxygen atoms in total. The molecule has 7 heteroatoms. The predicted octanol–water partition coefficient (Wildman–Crippen LogP) is 3.21. The number of amides is 2. The number of nitrogens with two attached hydrogens (primary N) is 1. The van der Waals surface area contributed by atoms with Crippen molar-refractivity contribution in [3.8, 4) is 5.75 Å². The maximum atomic E-state index is 12.8. The zero-order valence-electron chi connectivity index (χ0n) is 15.8. The van der Waals surface area contributed by atoms with Gasteiger partial charge >= 0.3 is 0 Å². The van der Waals surface area contributed by atoms with Gasteiger partial charge in [-0.15, -0.1) is 11.3 Å². The largest absolute Gasteiger partial charge is 0.497 e.